The minimum atomic E-state index is -0.680. The van der Waals surface area contributed by atoms with E-state index in [1.165, 1.54) is 17.7 Å². The predicted octanol–water partition coefficient (Wildman–Crippen LogP) is 1.45. The highest BCUT2D eigenvalue weighted by Gasteiger charge is 2.23. The molecule has 0 aliphatic carbocycles. The number of esters is 1. The fourth-order valence-electron chi connectivity index (χ4n) is 2.07. The summed E-state index contributed by atoms with van der Waals surface area (Å²) in [5, 5.41) is 10.0. The fraction of sp³-hybridized carbons (Fsp3) is 0.333. The monoisotopic (exact) mass is 302 g/mol. The SMILES string of the molecule is COC(=O)c1ccc2cc([B]O)n(C(=O)OC(C)(C)C)c2c1. The van der Waals surface area contributed by atoms with Crippen LogP contribution in [0.15, 0.2) is 24.3 Å². The van der Waals surface area contributed by atoms with E-state index in [-0.39, 0.29) is 5.59 Å². The first-order valence-electron chi connectivity index (χ1n) is 6.71. The number of benzene rings is 1. The first-order valence-corrected chi connectivity index (χ1v) is 6.71. The maximum absolute atomic E-state index is 12.4. The molecule has 6 nitrogen and oxygen atoms in total. The van der Waals surface area contributed by atoms with Crippen molar-refractivity contribution in [3.05, 3.63) is 29.8 Å². The molecule has 0 aliphatic rings. The molecule has 22 heavy (non-hydrogen) atoms. The van der Waals surface area contributed by atoms with Crippen LogP contribution < -0.4 is 5.59 Å². The van der Waals surface area contributed by atoms with Gasteiger partial charge in [-0.05, 0) is 44.4 Å². The average Bonchev–Trinajstić information content (AvgIpc) is 2.82. The van der Waals surface area contributed by atoms with E-state index in [0.717, 1.165) is 7.48 Å². The average molecular weight is 302 g/mol. The number of rotatable bonds is 2. The van der Waals surface area contributed by atoms with Gasteiger partial charge in [0.2, 0.25) is 0 Å². The standard InChI is InChI=1S/C15H17BNO5/c1-15(2,3)22-14(19)17-11-7-10(13(18)21-4)6-5-9(11)8-12(17)16-20/h5-8,20H,1-4H3. The molecule has 0 atom stereocenters. The molecule has 1 heterocycles. The highest BCUT2D eigenvalue weighted by atomic mass is 16.6. The summed E-state index contributed by atoms with van der Waals surface area (Å²) in [5.74, 6) is -0.506. The molecular weight excluding hydrogens is 285 g/mol. The smallest absolute Gasteiger partial charge is 0.418 e. The predicted molar refractivity (Wildman–Crippen MR) is 82.5 cm³/mol. The lowest BCUT2D eigenvalue weighted by molar-refractivity contribution is 0.0545. The third-order valence-electron chi connectivity index (χ3n) is 2.96. The van der Waals surface area contributed by atoms with Crippen molar-refractivity contribution in [2.75, 3.05) is 7.11 Å². The fourth-order valence-corrected chi connectivity index (χ4v) is 2.07. The molecule has 2 rings (SSSR count). The van der Waals surface area contributed by atoms with Crippen LogP contribution in [0.3, 0.4) is 0 Å². The summed E-state index contributed by atoms with van der Waals surface area (Å²) in [7, 11) is 2.11. The Bertz CT molecular complexity index is 729. The number of hydrogen-bond donors (Lipinski definition) is 1. The number of hydrogen-bond acceptors (Lipinski definition) is 5. The van der Waals surface area contributed by atoms with Crippen LogP contribution in [-0.2, 0) is 9.47 Å². The van der Waals surface area contributed by atoms with Crippen molar-refractivity contribution in [1.29, 1.82) is 0 Å². The van der Waals surface area contributed by atoms with E-state index in [0.29, 0.717) is 16.5 Å². The van der Waals surface area contributed by atoms with E-state index in [1.807, 2.05) is 0 Å². The van der Waals surface area contributed by atoms with Crippen molar-refractivity contribution in [3.8, 4) is 0 Å². The topological polar surface area (TPSA) is 77.8 Å². The van der Waals surface area contributed by atoms with Gasteiger partial charge in [-0.2, -0.15) is 0 Å². The van der Waals surface area contributed by atoms with E-state index in [4.69, 9.17) is 4.74 Å². The van der Waals surface area contributed by atoms with E-state index < -0.39 is 17.7 Å². The minimum Gasteiger partial charge on any atom is -0.465 e. The molecule has 0 fully saturated rings. The van der Waals surface area contributed by atoms with Crippen LogP contribution >= 0.6 is 0 Å². The zero-order valence-corrected chi connectivity index (χ0v) is 12.9. The molecule has 0 bridgehead atoms. The van der Waals surface area contributed by atoms with Crippen LogP contribution in [0, 0.1) is 0 Å². The van der Waals surface area contributed by atoms with Crippen molar-refractivity contribution in [3.63, 3.8) is 0 Å². The Morgan fingerprint density at radius 2 is 1.91 bits per heavy atom. The summed E-state index contributed by atoms with van der Waals surface area (Å²) in [6.45, 7) is 5.25. The number of methoxy groups -OCH3 is 1. The van der Waals surface area contributed by atoms with Crippen LogP contribution in [0.1, 0.15) is 31.1 Å². The number of aromatic nitrogens is 1. The largest absolute Gasteiger partial charge is 0.465 e. The summed E-state index contributed by atoms with van der Waals surface area (Å²) in [6.07, 6.45) is -0.634. The van der Waals surface area contributed by atoms with Crippen LogP contribution in [0.25, 0.3) is 10.9 Å². The summed E-state index contributed by atoms with van der Waals surface area (Å²) in [6, 6.07) is 6.42. The Balaban J connectivity index is 2.59. The third-order valence-corrected chi connectivity index (χ3v) is 2.96. The van der Waals surface area contributed by atoms with E-state index in [1.54, 1.807) is 39.0 Å². The molecular formula is C15H17BNO5. The summed E-state index contributed by atoms with van der Waals surface area (Å²) in [5.41, 5.74) is 0.353. The molecule has 7 heteroatoms. The van der Waals surface area contributed by atoms with Crippen molar-refractivity contribution >= 4 is 36.0 Å². The van der Waals surface area contributed by atoms with E-state index >= 15 is 0 Å². The van der Waals surface area contributed by atoms with Crippen LogP contribution in [0.5, 0.6) is 0 Å². The van der Waals surface area contributed by atoms with Gasteiger partial charge in [-0.1, -0.05) is 6.07 Å². The van der Waals surface area contributed by atoms with E-state index in [2.05, 4.69) is 4.74 Å². The molecule has 1 aromatic heterocycles. The lowest BCUT2D eigenvalue weighted by atomic mass is 9.96. The number of fused-ring (bicyclic) bond motifs is 1. The van der Waals surface area contributed by atoms with Crippen LogP contribution in [0.2, 0.25) is 0 Å². The highest BCUT2D eigenvalue weighted by molar-refractivity contribution is 6.46. The molecule has 115 valence electrons. The van der Waals surface area contributed by atoms with Crippen molar-refractivity contribution < 1.29 is 24.1 Å². The molecule has 0 saturated heterocycles. The van der Waals surface area contributed by atoms with Gasteiger partial charge in [-0.3, -0.25) is 4.57 Å². The lowest BCUT2D eigenvalue weighted by Crippen LogP contribution is -2.34. The first-order chi connectivity index (χ1) is 10.3. The lowest BCUT2D eigenvalue weighted by Gasteiger charge is -2.20. The Morgan fingerprint density at radius 3 is 2.45 bits per heavy atom. The van der Waals surface area contributed by atoms with Gasteiger partial charge in [0.15, 0.2) is 0 Å². The maximum atomic E-state index is 12.4. The van der Waals surface area contributed by atoms with Gasteiger partial charge in [0.05, 0.1) is 18.2 Å². The van der Waals surface area contributed by atoms with Gasteiger partial charge < -0.3 is 14.5 Å². The molecule has 0 amide bonds. The Labute approximate surface area is 128 Å². The highest BCUT2D eigenvalue weighted by Crippen LogP contribution is 2.19. The summed E-state index contributed by atoms with van der Waals surface area (Å²) in [4.78, 5) is 24.0. The molecule has 1 N–H and O–H groups in total. The molecule has 0 saturated carbocycles. The van der Waals surface area contributed by atoms with Gasteiger partial charge in [0.25, 0.3) is 0 Å². The van der Waals surface area contributed by atoms with Crippen molar-refractivity contribution in [2.45, 2.75) is 26.4 Å². The molecule has 0 spiro atoms. The van der Waals surface area contributed by atoms with Crippen molar-refractivity contribution in [1.82, 2.24) is 4.57 Å². The number of carbonyl (C=O) groups excluding carboxylic acids is 2. The summed E-state index contributed by atoms with van der Waals surface area (Å²) >= 11 is 0. The van der Waals surface area contributed by atoms with Crippen molar-refractivity contribution in [2.24, 2.45) is 0 Å². The van der Waals surface area contributed by atoms with Crippen LogP contribution in [-0.4, -0.2) is 41.8 Å². The van der Waals surface area contributed by atoms with E-state index in [9.17, 15) is 14.6 Å². The minimum absolute atomic E-state index is 0.270. The van der Waals surface area contributed by atoms with Crippen LogP contribution in [0.4, 0.5) is 4.79 Å². The Morgan fingerprint density at radius 1 is 1.23 bits per heavy atom. The zero-order valence-electron chi connectivity index (χ0n) is 12.9. The van der Waals surface area contributed by atoms with Gasteiger partial charge in [-0.15, -0.1) is 0 Å². The number of carbonyl (C=O) groups is 2. The molecule has 1 aromatic carbocycles. The second kappa shape index (κ2) is 5.85. The second-order valence-electron chi connectivity index (χ2n) is 5.78. The normalized spacial score (nSPS) is 11.3. The Hall–Kier alpha value is -2.28. The van der Waals surface area contributed by atoms with Gasteiger partial charge in [0, 0.05) is 5.59 Å². The van der Waals surface area contributed by atoms with Gasteiger partial charge in [0.1, 0.15) is 5.60 Å². The number of ether oxygens (including phenoxy) is 2. The number of nitrogens with zero attached hydrogens (tertiary/aromatic N) is 1. The second-order valence-corrected chi connectivity index (χ2v) is 5.78. The zero-order chi connectivity index (χ0) is 16.5. The summed E-state index contributed by atoms with van der Waals surface area (Å²) < 4.78 is 11.2. The van der Waals surface area contributed by atoms with Gasteiger partial charge in [-0.25, -0.2) is 9.59 Å². The Kier molecular flexibility index (Phi) is 4.28. The van der Waals surface area contributed by atoms with Gasteiger partial charge >= 0.3 is 19.5 Å². The quantitative estimate of drug-likeness (QED) is 0.671. The first kappa shape index (κ1) is 16.1. The third kappa shape index (κ3) is 3.14. The maximum Gasteiger partial charge on any atom is 0.418 e. The molecule has 2 aromatic rings. The molecule has 1 radical (unpaired) electrons. The molecule has 0 aliphatic heterocycles. The molecule has 0 unspecified atom stereocenters.